The van der Waals surface area contributed by atoms with Crippen molar-refractivity contribution in [2.24, 2.45) is 0 Å². The Hall–Kier alpha value is -2.15. The van der Waals surface area contributed by atoms with E-state index in [4.69, 9.17) is 0 Å². The summed E-state index contributed by atoms with van der Waals surface area (Å²) in [5, 5.41) is 13.7. The number of nitrogens with zero attached hydrogens (tertiary/aromatic N) is 5. The number of aromatic nitrogens is 5. The summed E-state index contributed by atoms with van der Waals surface area (Å²) >= 11 is 2.24. The normalized spacial score (nSPS) is 16.1. The molecular weight excluding hydrogens is 464 g/mol. The van der Waals surface area contributed by atoms with Crippen LogP contribution in [-0.2, 0) is 12.4 Å². The molecule has 1 aliphatic carbocycles. The number of thiazole rings is 1. The van der Waals surface area contributed by atoms with Gasteiger partial charge in [0.05, 0.1) is 22.9 Å². The third-order valence-corrected chi connectivity index (χ3v) is 6.82. The third-order valence-electron chi connectivity index (χ3n) is 4.93. The van der Waals surface area contributed by atoms with Gasteiger partial charge in [-0.3, -0.25) is 0 Å². The van der Waals surface area contributed by atoms with E-state index in [1.165, 1.54) is 5.38 Å². The predicted molar refractivity (Wildman–Crippen MR) is 102 cm³/mol. The Morgan fingerprint density at radius 3 is 2.19 bits per heavy atom. The zero-order chi connectivity index (χ0) is 22.2. The first-order valence-corrected chi connectivity index (χ1v) is 11.0. The van der Waals surface area contributed by atoms with E-state index in [1.807, 2.05) is 0 Å². The van der Waals surface area contributed by atoms with Crippen LogP contribution in [0.2, 0.25) is 0 Å². The zero-order valence-electron chi connectivity index (χ0n) is 15.7. The standard InChI is InChI=1S/C18H15F6N5S2/c19-17(20,21)11-6-10(7-12(8-11)18(22,23)24)14-9-30-16(25-14)31-15-26-27-28-29(15)13-4-2-1-3-5-13/h6-9,13H,1-5H2. The lowest BCUT2D eigenvalue weighted by molar-refractivity contribution is -0.143. The Kier molecular flexibility index (Phi) is 5.99. The molecule has 0 bridgehead atoms. The van der Waals surface area contributed by atoms with Gasteiger partial charge in [-0.05, 0) is 53.2 Å². The van der Waals surface area contributed by atoms with Crippen LogP contribution < -0.4 is 0 Å². The molecule has 31 heavy (non-hydrogen) atoms. The first kappa shape index (κ1) is 22.1. The summed E-state index contributed by atoms with van der Waals surface area (Å²) in [6.45, 7) is 0. The van der Waals surface area contributed by atoms with Crippen LogP contribution in [0, 0.1) is 0 Å². The van der Waals surface area contributed by atoms with Gasteiger partial charge in [0.1, 0.15) is 0 Å². The maximum atomic E-state index is 13.1. The Labute approximate surface area is 180 Å². The van der Waals surface area contributed by atoms with Gasteiger partial charge in [-0.2, -0.15) is 26.3 Å². The molecule has 1 fully saturated rings. The summed E-state index contributed by atoms with van der Waals surface area (Å²) in [4.78, 5) is 4.23. The highest BCUT2D eigenvalue weighted by Gasteiger charge is 2.37. The Morgan fingerprint density at radius 2 is 1.58 bits per heavy atom. The van der Waals surface area contributed by atoms with Crippen LogP contribution in [0.3, 0.4) is 0 Å². The van der Waals surface area contributed by atoms with Crippen molar-refractivity contribution in [1.29, 1.82) is 0 Å². The number of hydrogen-bond acceptors (Lipinski definition) is 6. The molecule has 0 N–H and O–H groups in total. The maximum absolute atomic E-state index is 13.1. The summed E-state index contributed by atoms with van der Waals surface area (Å²) in [6, 6.07) is 1.61. The fourth-order valence-corrected chi connectivity index (χ4v) is 5.19. The minimum Gasteiger partial charge on any atom is -0.229 e. The lowest BCUT2D eigenvalue weighted by atomic mass is 9.96. The van der Waals surface area contributed by atoms with E-state index in [0.717, 1.165) is 55.2 Å². The Bertz CT molecular complexity index is 1020. The van der Waals surface area contributed by atoms with E-state index in [1.54, 1.807) is 4.68 Å². The molecule has 0 atom stereocenters. The number of hydrogen-bond donors (Lipinski definition) is 0. The first-order chi connectivity index (χ1) is 14.6. The van der Waals surface area contributed by atoms with E-state index < -0.39 is 23.5 Å². The number of benzene rings is 1. The molecule has 13 heteroatoms. The van der Waals surface area contributed by atoms with Gasteiger partial charge >= 0.3 is 12.4 Å². The SMILES string of the molecule is FC(F)(F)c1cc(-c2csc(Sc3nnnn3C3CCCCC3)n2)cc(C(F)(F)F)c1. The molecular formula is C18H15F6N5S2. The quantitative estimate of drug-likeness (QED) is 0.401. The predicted octanol–water partition coefficient (Wildman–Crippen LogP) is 6.49. The van der Waals surface area contributed by atoms with Crippen molar-refractivity contribution in [3.8, 4) is 11.3 Å². The number of alkyl halides is 6. The number of rotatable bonds is 4. The van der Waals surface area contributed by atoms with Crippen LogP contribution in [-0.4, -0.2) is 25.2 Å². The van der Waals surface area contributed by atoms with Crippen molar-refractivity contribution in [3.05, 3.63) is 34.7 Å². The van der Waals surface area contributed by atoms with Gasteiger partial charge in [-0.15, -0.1) is 16.4 Å². The van der Waals surface area contributed by atoms with Gasteiger partial charge < -0.3 is 0 Å². The summed E-state index contributed by atoms with van der Waals surface area (Å²) < 4.78 is 80.8. The van der Waals surface area contributed by atoms with Crippen molar-refractivity contribution in [2.45, 2.75) is 60.0 Å². The van der Waals surface area contributed by atoms with Gasteiger partial charge in [-0.25, -0.2) is 9.67 Å². The number of tetrazole rings is 1. The smallest absolute Gasteiger partial charge is 0.229 e. The minimum atomic E-state index is -4.91. The molecule has 3 aromatic rings. The first-order valence-electron chi connectivity index (χ1n) is 9.32. The second-order valence-electron chi connectivity index (χ2n) is 7.09. The Morgan fingerprint density at radius 1 is 0.935 bits per heavy atom. The van der Waals surface area contributed by atoms with Crippen LogP contribution in [0.5, 0.6) is 0 Å². The average Bonchev–Trinajstić information content (AvgIpc) is 3.37. The molecule has 0 aliphatic heterocycles. The van der Waals surface area contributed by atoms with Gasteiger partial charge in [0, 0.05) is 10.9 Å². The molecule has 0 spiro atoms. The molecule has 1 aliphatic rings. The van der Waals surface area contributed by atoms with Gasteiger partial charge in [-0.1, -0.05) is 19.3 Å². The maximum Gasteiger partial charge on any atom is 0.416 e. The van der Waals surface area contributed by atoms with E-state index in [2.05, 4.69) is 20.5 Å². The van der Waals surface area contributed by atoms with Crippen LogP contribution in [0.1, 0.15) is 49.3 Å². The van der Waals surface area contributed by atoms with E-state index in [-0.39, 0.29) is 23.4 Å². The summed E-state index contributed by atoms with van der Waals surface area (Å²) in [5.74, 6) is 0. The highest BCUT2D eigenvalue weighted by Crippen LogP contribution is 2.40. The fraction of sp³-hybridized carbons (Fsp3) is 0.444. The molecule has 0 saturated heterocycles. The monoisotopic (exact) mass is 479 g/mol. The van der Waals surface area contributed by atoms with Gasteiger partial charge in [0.15, 0.2) is 4.34 Å². The molecule has 1 saturated carbocycles. The minimum absolute atomic E-state index is 0.0285. The van der Waals surface area contributed by atoms with Crippen molar-refractivity contribution in [3.63, 3.8) is 0 Å². The molecule has 4 rings (SSSR count). The average molecular weight is 479 g/mol. The molecule has 5 nitrogen and oxygen atoms in total. The van der Waals surface area contributed by atoms with Crippen molar-refractivity contribution in [2.75, 3.05) is 0 Å². The van der Waals surface area contributed by atoms with E-state index in [0.29, 0.717) is 21.6 Å². The molecule has 0 amide bonds. The molecule has 2 aromatic heterocycles. The lowest BCUT2D eigenvalue weighted by Crippen LogP contribution is -2.15. The van der Waals surface area contributed by atoms with Gasteiger partial charge in [0.2, 0.25) is 5.16 Å². The number of halogens is 6. The second-order valence-corrected chi connectivity index (χ2v) is 9.17. The third kappa shape index (κ3) is 5.03. The van der Waals surface area contributed by atoms with Crippen LogP contribution in [0.4, 0.5) is 26.3 Å². The molecule has 166 valence electrons. The van der Waals surface area contributed by atoms with Crippen LogP contribution >= 0.6 is 23.1 Å². The van der Waals surface area contributed by atoms with Gasteiger partial charge in [0.25, 0.3) is 0 Å². The summed E-state index contributed by atoms with van der Waals surface area (Å²) in [7, 11) is 0. The van der Waals surface area contributed by atoms with Crippen LogP contribution in [0.15, 0.2) is 33.1 Å². The largest absolute Gasteiger partial charge is 0.416 e. The summed E-state index contributed by atoms with van der Waals surface area (Å²) in [5.41, 5.74) is -2.97. The second kappa shape index (κ2) is 8.41. The lowest BCUT2D eigenvalue weighted by Gasteiger charge is -2.21. The molecule has 1 aromatic carbocycles. The van der Waals surface area contributed by atoms with Crippen molar-refractivity contribution < 1.29 is 26.3 Å². The highest BCUT2D eigenvalue weighted by atomic mass is 32.2. The van der Waals surface area contributed by atoms with E-state index >= 15 is 0 Å². The zero-order valence-corrected chi connectivity index (χ0v) is 17.4. The molecule has 0 radical (unpaired) electrons. The van der Waals surface area contributed by atoms with Crippen molar-refractivity contribution in [1.82, 2.24) is 25.2 Å². The topological polar surface area (TPSA) is 56.5 Å². The van der Waals surface area contributed by atoms with E-state index in [9.17, 15) is 26.3 Å². The highest BCUT2D eigenvalue weighted by molar-refractivity contribution is 8.00. The Balaban J connectivity index is 1.62. The molecule has 0 unspecified atom stereocenters. The molecule has 2 heterocycles. The fourth-order valence-electron chi connectivity index (χ4n) is 3.43. The van der Waals surface area contributed by atoms with Crippen molar-refractivity contribution >= 4 is 23.1 Å². The van der Waals surface area contributed by atoms with Crippen LogP contribution in [0.25, 0.3) is 11.3 Å². The summed E-state index contributed by atoms with van der Waals surface area (Å²) in [6.07, 6.45) is -4.61.